The molecule has 32 nitrogen and oxygen atoms in total. The maximum atomic E-state index is 11.3. The standard InChI is InChI=1S/4C10H9NO.2Dy.6NO3/c4*1-7-5-6-8-3-2-4-9(12)10(8)11-7;;;6*2-1(3)4/h4*2-6,12H,1H3;;;;;;;;/q;;;;2*+3;6*-1. The van der Waals surface area contributed by atoms with E-state index in [1.54, 1.807) is 48.5 Å². The summed E-state index contributed by atoms with van der Waals surface area (Å²) in [4.78, 5) is 61.7. The van der Waals surface area contributed by atoms with Gasteiger partial charge in [0.1, 0.15) is 0 Å². The summed E-state index contributed by atoms with van der Waals surface area (Å²) in [6, 6.07) is 36.7. The van der Waals surface area contributed by atoms with Gasteiger partial charge in [0.05, 0.1) is 30.5 Å². The van der Waals surface area contributed by atoms with E-state index in [1.165, 1.54) is 0 Å². The quantitative estimate of drug-likeness (QED) is 0.155. The van der Waals surface area contributed by atoms with Crippen molar-refractivity contribution in [1.82, 2.24) is 0 Å². The Balaban J connectivity index is -0.000000384. The van der Waals surface area contributed by atoms with E-state index in [-0.39, 0.29) is 99.3 Å². The summed E-state index contributed by atoms with van der Waals surface area (Å²) in [5.74, 6) is 0.208. The number of hydrogen-bond acceptors (Lipinski definition) is 22. The molecule has 0 amide bonds. The molecule has 398 valence electrons. The van der Waals surface area contributed by atoms with Crippen LogP contribution in [0.15, 0.2) is 121 Å². The molecule has 4 N–H and O–H groups in total. The van der Waals surface area contributed by atoms with E-state index in [2.05, 4.69) is 19.9 Å². The largest absolute Gasteiger partial charge is 3.00 e. The van der Waals surface area contributed by atoms with Crippen molar-refractivity contribution in [3.63, 3.8) is 0 Å². The molecule has 8 aromatic rings. The summed E-state index contributed by atoms with van der Waals surface area (Å²) in [5.41, 5.74) is 6.79. The van der Waals surface area contributed by atoms with Gasteiger partial charge in [0.15, 0.2) is 22.8 Å². The van der Waals surface area contributed by atoms with Crippen molar-refractivity contribution in [2.45, 2.75) is 27.7 Å². The zero-order valence-corrected chi connectivity index (χ0v) is 41.9. The summed E-state index contributed by atoms with van der Waals surface area (Å²) < 4.78 is 0. The topological polar surface area (TPSA) is 546 Å². The second kappa shape index (κ2) is 39.1. The molecule has 0 atom stereocenters. The Morgan fingerprint density at radius 2 is 0.405 bits per heavy atom. The molecule has 0 aliphatic rings. The Hall–Kier alpha value is -8.53. The maximum absolute atomic E-state index is 11.3. The molecule has 0 spiro atoms. The number of nitrogens with one attached hydrogen (secondary N) is 4. The molecule has 0 aliphatic carbocycles. The van der Waals surface area contributed by atoms with Gasteiger partial charge in [-0.2, -0.15) is 0 Å². The third kappa shape index (κ3) is 35.5. The molecule has 34 heteroatoms. The first-order chi connectivity index (χ1) is 33.5. The van der Waals surface area contributed by atoms with E-state index in [9.17, 15) is 20.4 Å². The molecule has 0 unspecified atom stereocenters. The van der Waals surface area contributed by atoms with Crippen molar-refractivity contribution in [2.75, 3.05) is 0 Å². The van der Waals surface area contributed by atoms with Gasteiger partial charge in [0.25, 0.3) is 0 Å². The summed E-state index contributed by atoms with van der Waals surface area (Å²) in [6.07, 6.45) is 0. The molecule has 8 rings (SSSR count). The van der Waals surface area contributed by atoms with E-state index in [0.29, 0.717) is 22.1 Å². The molecule has 0 saturated heterocycles. The molecule has 4 aromatic carbocycles. The van der Waals surface area contributed by atoms with Crippen LogP contribution >= 0.6 is 0 Å². The van der Waals surface area contributed by atoms with Crippen LogP contribution in [0.2, 0.25) is 0 Å². The van der Waals surface area contributed by atoms with Crippen LogP contribution in [0.5, 0.6) is 23.0 Å². The molecule has 4 aromatic heterocycles. The fourth-order valence-electron chi connectivity index (χ4n) is 5.10. The van der Waals surface area contributed by atoms with E-state index >= 15 is 0 Å². The van der Waals surface area contributed by atoms with Crippen LogP contribution in [-0.2, 0) is 0 Å². The molecule has 0 fully saturated rings. The average Bonchev–Trinajstić information content (AvgIpc) is 3.25. The number of rotatable bonds is 0. The number of aryl methyl sites for hydroxylation is 4. The predicted molar refractivity (Wildman–Crippen MR) is 241 cm³/mol. The minimum absolute atomic E-state index is 0. The van der Waals surface area contributed by atoms with Gasteiger partial charge in [-0.25, -0.2) is 19.9 Å². The van der Waals surface area contributed by atoms with E-state index < -0.39 is 30.5 Å². The fourth-order valence-corrected chi connectivity index (χ4v) is 5.10. The van der Waals surface area contributed by atoms with Crippen LogP contribution in [0.4, 0.5) is 0 Å². The molecule has 0 saturated carbocycles. The number of hydrogen-bond donors (Lipinski definition) is 0. The van der Waals surface area contributed by atoms with E-state index in [4.69, 9.17) is 91.9 Å². The zero-order chi connectivity index (χ0) is 55.7. The van der Waals surface area contributed by atoms with Gasteiger partial charge in [-0.1, -0.05) is 48.5 Å². The molecular weight excluding hydrogens is 1300 g/mol. The van der Waals surface area contributed by atoms with Crippen LogP contribution < -0.4 is 40.4 Å². The van der Waals surface area contributed by atoms with Gasteiger partial charge in [0, 0.05) is 73.5 Å². The first kappa shape index (κ1) is 72.0. The minimum atomic E-state index is -1.75. The Morgan fingerprint density at radius 3 is 0.541 bits per heavy atom. The predicted octanol–water partition coefficient (Wildman–Crippen LogP) is 2.71. The Morgan fingerprint density at radius 1 is 0.270 bits per heavy atom. The monoisotopic (exact) mass is 1340 g/mol. The van der Waals surface area contributed by atoms with Crippen molar-refractivity contribution >= 4 is 43.6 Å². The third-order valence-corrected chi connectivity index (χ3v) is 7.57. The summed E-state index contributed by atoms with van der Waals surface area (Å²) in [6.45, 7) is 7.75. The van der Waals surface area contributed by atoms with Gasteiger partial charge in [-0.3, -0.25) is 0 Å². The van der Waals surface area contributed by atoms with Crippen molar-refractivity contribution in [3.8, 4) is 23.0 Å². The maximum Gasteiger partial charge on any atom is 3.00 e. The summed E-state index contributed by atoms with van der Waals surface area (Å²) in [7, 11) is 0. The summed E-state index contributed by atoms with van der Waals surface area (Å²) >= 11 is 0. The SMILES string of the molecule is Cc1ccc2cccc([O-])c2[nH+]1.Cc1ccc2cccc([O-])c2[nH+]1.Cc1ccc2cccc([O-])c2[nH+]1.Cc1ccc2cccc([O-])c2[nH+]1.O=[N+]([O-])[O-].O=[N+]([O-])[O-].O=[N+]([O-])[O-].O=[N+]([O-])[O-].O=[N+]([O-])[O-].O=[N+]([O-])[O-].[Dy+3].[Dy+3]. The van der Waals surface area contributed by atoms with Crippen LogP contribution in [0.3, 0.4) is 0 Å². The molecule has 4 heterocycles. The number of fused-ring (bicyclic) bond motifs is 4. The molecule has 74 heavy (non-hydrogen) atoms. The summed E-state index contributed by atoms with van der Waals surface area (Å²) in [5, 5.41) is 138. The van der Waals surface area contributed by atoms with Crippen LogP contribution in [0.1, 0.15) is 22.8 Å². The third-order valence-electron chi connectivity index (χ3n) is 7.57. The normalized spacial score (nSPS) is 8.70. The number of H-pyrrole nitrogens is 4. The fraction of sp³-hybridized carbons (Fsp3) is 0.100. The number of nitrogens with zero attached hydrogens (tertiary/aromatic N) is 6. The van der Waals surface area contributed by atoms with Crippen molar-refractivity contribution in [3.05, 3.63) is 236 Å². The van der Waals surface area contributed by atoms with E-state index in [1.807, 2.05) is 100 Å². The van der Waals surface area contributed by atoms with E-state index in [0.717, 1.165) is 44.3 Å². The smallest absolute Gasteiger partial charge is 0.868 e. The number of benzene rings is 4. The van der Waals surface area contributed by atoms with Gasteiger partial charge >= 0.3 is 76.3 Å². The number of aromatic nitrogens is 4. The first-order valence-electron chi connectivity index (χ1n) is 18.7. The van der Waals surface area contributed by atoms with Crippen molar-refractivity contribution in [1.29, 1.82) is 0 Å². The first-order valence-corrected chi connectivity index (χ1v) is 18.7. The molecule has 0 bridgehead atoms. The molecular formula is C40H36Dy2N10O22. The van der Waals surface area contributed by atoms with Gasteiger partial charge in [-0.05, 0) is 71.5 Å². The molecule has 2 radical (unpaired) electrons. The number of aromatic amines is 4. The van der Waals surface area contributed by atoms with Gasteiger partial charge in [-0.15, -0.1) is 0 Å². The number of pyridine rings is 4. The van der Waals surface area contributed by atoms with Crippen LogP contribution in [-0.4, -0.2) is 30.5 Å². The minimum Gasteiger partial charge on any atom is -0.868 e. The number of para-hydroxylation sites is 4. The Labute approximate surface area is 473 Å². The average molecular weight is 1330 g/mol. The zero-order valence-electron chi connectivity index (χ0n) is 37.8. The van der Waals surface area contributed by atoms with Crippen molar-refractivity contribution in [2.24, 2.45) is 0 Å². The molecule has 0 aliphatic heterocycles. The van der Waals surface area contributed by atoms with Crippen LogP contribution in [0, 0.1) is 196 Å². The second-order valence-electron chi connectivity index (χ2n) is 12.8. The Kier molecular flexibility index (Phi) is 38.1. The Bertz CT molecular complexity index is 2600. The second-order valence-corrected chi connectivity index (χ2v) is 12.8. The van der Waals surface area contributed by atoms with Gasteiger partial charge < -0.3 is 112 Å². The van der Waals surface area contributed by atoms with Gasteiger partial charge in [0.2, 0.25) is 22.1 Å². The van der Waals surface area contributed by atoms with Crippen molar-refractivity contribution < 1.29 is 147 Å². The van der Waals surface area contributed by atoms with Crippen LogP contribution in [0.25, 0.3) is 43.6 Å².